The lowest BCUT2D eigenvalue weighted by atomic mass is 10.2. The normalized spacial score (nSPS) is 10.4. The molecule has 4 nitrogen and oxygen atoms in total. The molecule has 126 valence electrons. The third-order valence-electron chi connectivity index (χ3n) is 2.65. The minimum atomic E-state index is -0.845. The summed E-state index contributed by atoms with van der Waals surface area (Å²) >= 11 is 0. The van der Waals surface area contributed by atoms with E-state index in [1.165, 1.54) is 5.56 Å². The number of carboxylic acids is 2. The molecule has 0 atom stereocenters. The second-order valence-electron chi connectivity index (χ2n) is 4.49. The van der Waals surface area contributed by atoms with Gasteiger partial charge in [0.2, 0.25) is 0 Å². The first kappa shape index (κ1) is 22.7. The molecule has 0 bridgehead atoms. The van der Waals surface area contributed by atoms with Gasteiger partial charge in [-0.1, -0.05) is 62.1 Å². The summed E-state index contributed by atoms with van der Waals surface area (Å²) < 4.78 is 0. The molecule has 0 aliphatic heterocycles. The van der Waals surface area contributed by atoms with Crippen molar-refractivity contribution in [2.45, 2.75) is 34.1 Å². The molecule has 0 amide bonds. The monoisotopic (exact) mass is 318 g/mol. The Bertz CT molecular complexity index is 540. The van der Waals surface area contributed by atoms with Gasteiger partial charge in [-0.2, -0.15) is 0 Å². The van der Waals surface area contributed by atoms with Crippen LogP contribution in [0, 0.1) is 0 Å². The van der Waals surface area contributed by atoms with Gasteiger partial charge in [0, 0.05) is 11.1 Å². The molecule has 0 radical (unpaired) electrons. The van der Waals surface area contributed by atoms with Crippen molar-refractivity contribution in [3.8, 4) is 0 Å². The quantitative estimate of drug-likeness (QED) is 0.782. The minimum absolute atomic E-state index is 0.389. The van der Waals surface area contributed by atoms with Gasteiger partial charge in [-0.15, -0.1) is 0 Å². The fourth-order valence-corrected chi connectivity index (χ4v) is 1.11. The zero-order valence-electron chi connectivity index (χ0n) is 14.2. The van der Waals surface area contributed by atoms with Gasteiger partial charge in [0.1, 0.15) is 0 Å². The van der Waals surface area contributed by atoms with E-state index in [-0.39, 0.29) is 0 Å². The SMILES string of the molecule is C=Cc1ccccc1.CC=C(C)C(=O)O.CCC=C(C)C(=O)O. The van der Waals surface area contributed by atoms with E-state index < -0.39 is 11.9 Å². The standard InChI is InChI=1S/C8H8.C6H10O2.C5H8O2/c1-2-8-6-4-3-5-7-8;1-3-4-5(2)6(7)8;1-3-4(2)5(6)7/h2-7H,1H2;4H,3H2,1-2H3,(H,7,8);3H,1-2H3,(H,6,7). The largest absolute Gasteiger partial charge is 0.478 e. The summed E-state index contributed by atoms with van der Waals surface area (Å²) in [5, 5.41) is 16.4. The molecule has 4 heteroatoms. The lowest BCUT2D eigenvalue weighted by Gasteiger charge is -1.87. The van der Waals surface area contributed by atoms with Gasteiger partial charge in [0.25, 0.3) is 0 Å². The molecule has 2 N–H and O–H groups in total. The summed E-state index contributed by atoms with van der Waals surface area (Å²) in [6.07, 6.45) is 5.86. The Morgan fingerprint density at radius 1 is 1.04 bits per heavy atom. The summed E-state index contributed by atoms with van der Waals surface area (Å²) in [7, 11) is 0. The van der Waals surface area contributed by atoms with Gasteiger partial charge in [0.15, 0.2) is 0 Å². The number of carboxylic acid groups (broad SMARTS) is 2. The average Bonchev–Trinajstić information content (AvgIpc) is 2.56. The molecule has 1 aromatic carbocycles. The second-order valence-corrected chi connectivity index (χ2v) is 4.49. The average molecular weight is 318 g/mol. The molecule has 0 saturated carbocycles. The molecule has 1 rings (SSSR count). The molecule has 0 aliphatic carbocycles. The zero-order chi connectivity index (χ0) is 18.3. The maximum absolute atomic E-state index is 10.0. The topological polar surface area (TPSA) is 74.6 Å². The molecule has 0 saturated heterocycles. The smallest absolute Gasteiger partial charge is 0.330 e. The molecular weight excluding hydrogens is 292 g/mol. The molecule has 0 aliphatic rings. The van der Waals surface area contributed by atoms with E-state index >= 15 is 0 Å². The highest BCUT2D eigenvalue weighted by atomic mass is 16.4. The first-order valence-electron chi connectivity index (χ1n) is 7.23. The van der Waals surface area contributed by atoms with E-state index in [1.807, 2.05) is 43.3 Å². The number of hydrogen-bond donors (Lipinski definition) is 2. The molecule has 0 aromatic heterocycles. The van der Waals surface area contributed by atoms with Crippen molar-refractivity contribution in [3.63, 3.8) is 0 Å². The lowest BCUT2D eigenvalue weighted by molar-refractivity contribution is -0.133. The van der Waals surface area contributed by atoms with Gasteiger partial charge >= 0.3 is 11.9 Å². The second kappa shape index (κ2) is 14.3. The summed E-state index contributed by atoms with van der Waals surface area (Å²) in [6.45, 7) is 10.4. The van der Waals surface area contributed by atoms with Crippen molar-refractivity contribution in [2.75, 3.05) is 0 Å². The Labute approximate surface area is 138 Å². The van der Waals surface area contributed by atoms with Crippen LogP contribution >= 0.6 is 0 Å². The zero-order valence-corrected chi connectivity index (χ0v) is 14.2. The van der Waals surface area contributed by atoms with Crippen LogP contribution in [0.3, 0.4) is 0 Å². The fraction of sp³-hybridized carbons (Fsp3) is 0.263. The molecule has 0 spiro atoms. The Morgan fingerprint density at radius 3 is 1.70 bits per heavy atom. The summed E-state index contributed by atoms with van der Waals surface area (Å²) in [6, 6.07) is 10.0. The summed E-state index contributed by atoms with van der Waals surface area (Å²) in [5.41, 5.74) is 1.99. The van der Waals surface area contributed by atoms with E-state index in [1.54, 1.807) is 32.9 Å². The van der Waals surface area contributed by atoms with Crippen LogP contribution in [0.4, 0.5) is 0 Å². The molecule has 1 aromatic rings. The van der Waals surface area contributed by atoms with Gasteiger partial charge in [0.05, 0.1) is 0 Å². The van der Waals surface area contributed by atoms with Crippen LogP contribution in [0.5, 0.6) is 0 Å². The van der Waals surface area contributed by atoms with Crippen LogP contribution in [0.15, 0.2) is 60.2 Å². The first-order valence-corrected chi connectivity index (χ1v) is 7.23. The van der Waals surface area contributed by atoms with Gasteiger partial charge < -0.3 is 10.2 Å². The maximum atomic E-state index is 10.0. The Hall–Kier alpha value is -2.62. The van der Waals surface area contributed by atoms with E-state index in [0.29, 0.717) is 11.1 Å². The predicted molar refractivity (Wildman–Crippen MR) is 95.3 cm³/mol. The van der Waals surface area contributed by atoms with Crippen LogP contribution in [0.1, 0.15) is 39.7 Å². The highest BCUT2D eigenvalue weighted by Gasteiger charge is 1.95. The molecule has 23 heavy (non-hydrogen) atoms. The molecule has 0 heterocycles. The van der Waals surface area contributed by atoms with Crippen LogP contribution in [-0.2, 0) is 9.59 Å². The van der Waals surface area contributed by atoms with E-state index in [2.05, 4.69) is 6.58 Å². The number of rotatable bonds is 4. The summed E-state index contributed by atoms with van der Waals surface area (Å²) in [4.78, 5) is 19.9. The number of hydrogen-bond acceptors (Lipinski definition) is 2. The predicted octanol–water partition coefficient (Wildman–Crippen LogP) is 4.79. The lowest BCUT2D eigenvalue weighted by Crippen LogP contribution is -1.94. The van der Waals surface area contributed by atoms with Crippen LogP contribution in [0.25, 0.3) is 6.08 Å². The highest BCUT2D eigenvalue weighted by molar-refractivity contribution is 5.85. The molecular formula is C19H26O4. The van der Waals surface area contributed by atoms with Crippen molar-refractivity contribution in [2.24, 2.45) is 0 Å². The highest BCUT2D eigenvalue weighted by Crippen LogP contribution is 1.97. The minimum Gasteiger partial charge on any atom is -0.478 e. The van der Waals surface area contributed by atoms with E-state index in [9.17, 15) is 9.59 Å². The third-order valence-corrected chi connectivity index (χ3v) is 2.65. The Morgan fingerprint density at radius 2 is 1.52 bits per heavy atom. The van der Waals surface area contributed by atoms with Crippen molar-refractivity contribution < 1.29 is 19.8 Å². The van der Waals surface area contributed by atoms with Gasteiger partial charge in [-0.3, -0.25) is 0 Å². The van der Waals surface area contributed by atoms with Crippen molar-refractivity contribution >= 4 is 18.0 Å². The van der Waals surface area contributed by atoms with E-state index in [0.717, 1.165) is 6.42 Å². The Kier molecular flexibility index (Phi) is 14.1. The molecule has 0 unspecified atom stereocenters. The number of allylic oxidation sites excluding steroid dienone is 2. The Balaban J connectivity index is 0. The van der Waals surface area contributed by atoms with Crippen molar-refractivity contribution in [1.29, 1.82) is 0 Å². The third kappa shape index (κ3) is 14.1. The van der Waals surface area contributed by atoms with Crippen LogP contribution in [-0.4, -0.2) is 22.2 Å². The van der Waals surface area contributed by atoms with Crippen LogP contribution in [0.2, 0.25) is 0 Å². The first-order chi connectivity index (χ1) is 10.8. The number of benzene rings is 1. The van der Waals surface area contributed by atoms with Crippen molar-refractivity contribution in [3.05, 3.63) is 65.8 Å². The van der Waals surface area contributed by atoms with Gasteiger partial charge in [-0.05, 0) is 32.8 Å². The van der Waals surface area contributed by atoms with Crippen LogP contribution < -0.4 is 0 Å². The van der Waals surface area contributed by atoms with Crippen molar-refractivity contribution in [1.82, 2.24) is 0 Å². The van der Waals surface area contributed by atoms with E-state index in [4.69, 9.17) is 10.2 Å². The van der Waals surface area contributed by atoms with Gasteiger partial charge in [-0.25, -0.2) is 9.59 Å². The maximum Gasteiger partial charge on any atom is 0.330 e. The fourth-order valence-electron chi connectivity index (χ4n) is 1.11. The number of carbonyl (C=O) groups is 2. The summed E-state index contributed by atoms with van der Waals surface area (Å²) in [5.74, 6) is -1.67. The molecule has 0 fully saturated rings. The number of aliphatic carboxylic acids is 2.